The first kappa shape index (κ1) is 18.5. The Balaban J connectivity index is 2.45. The van der Waals surface area contributed by atoms with Crippen molar-refractivity contribution in [3.8, 4) is 6.07 Å². The zero-order chi connectivity index (χ0) is 18.9. The monoisotopic (exact) mass is 362 g/mol. The first-order chi connectivity index (χ1) is 11.6. The van der Waals surface area contributed by atoms with Crippen molar-refractivity contribution in [1.29, 1.82) is 5.26 Å². The van der Waals surface area contributed by atoms with Crippen molar-refractivity contribution in [2.45, 2.75) is 17.9 Å². The fraction of sp³-hybridized carbons (Fsp3) is 0.312. The fourth-order valence-corrected chi connectivity index (χ4v) is 3.04. The maximum absolute atomic E-state index is 12.1. The number of nitriles is 1. The van der Waals surface area contributed by atoms with Crippen LogP contribution in [0.4, 0.5) is 5.82 Å². The smallest absolute Gasteiger partial charge is 0.332 e. The highest BCUT2D eigenvalue weighted by atomic mass is 32.2. The molecule has 25 heavy (non-hydrogen) atoms. The van der Waals surface area contributed by atoms with Crippen LogP contribution in [-0.4, -0.2) is 23.8 Å². The molecule has 1 N–H and O–H groups in total. The van der Waals surface area contributed by atoms with Gasteiger partial charge in [-0.05, 0) is 24.6 Å². The average Bonchev–Trinajstić information content (AvgIpc) is 2.57. The number of nitrogens with one attached hydrogen (secondary N) is 1. The molecule has 8 nitrogen and oxygen atoms in total. The van der Waals surface area contributed by atoms with Gasteiger partial charge in [0.25, 0.3) is 5.56 Å². The second-order valence-electron chi connectivity index (χ2n) is 5.75. The van der Waals surface area contributed by atoms with Crippen LogP contribution in [0.25, 0.3) is 0 Å². The van der Waals surface area contributed by atoms with Crippen LogP contribution in [0.3, 0.4) is 0 Å². The summed E-state index contributed by atoms with van der Waals surface area (Å²) in [5.41, 5.74) is -0.646. The fourth-order valence-electron chi connectivity index (χ4n) is 2.41. The molecule has 1 aromatic heterocycles. The number of nitrogens with zero attached hydrogens (tertiary/aromatic N) is 3. The number of hydrogen-bond donors (Lipinski definition) is 1. The Hall–Kier alpha value is -2.86. The molecule has 0 aliphatic heterocycles. The summed E-state index contributed by atoms with van der Waals surface area (Å²) in [6, 6.07) is 7.70. The van der Waals surface area contributed by atoms with Gasteiger partial charge in [-0.25, -0.2) is 13.2 Å². The van der Waals surface area contributed by atoms with Gasteiger partial charge < -0.3 is 5.32 Å². The maximum atomic E-state index is 12.1. The molecular formula is C16H18N4O4S. The van der Waals surface area contributed by atoms with E-state index in [0.717, 1.165) is 16.4 Å². The molecule has 0 fully saturated rings. The molecule has 0 amide bonds. The molecule has 0 saturated heterocycles. The van der Waals surface area contributed by atoms with Crippen molar-refractivity contribution < 1.29 is 8.42 Å². The van der Waals surface area contributed by atoms with Crippen molar-refractivity contribution in [3.63, 3.8) is 0 Å². The summed E-state index contributed by atoms with van der Waals surface area (Å²) in [6.45, 7) is 1.78. The minimum Gasteiger partial charge on any atom is -0.364 e. The van der Waals surface area contributed by atoms with E-state index >= 15 is 0 Å². The normalized spacial score (nSPS) is 12.4. The van der Waals surface area contributed by atoms with Gasteiger partial charge in [0, 0.05) is 26.4 Å². The second-order valence-corrected chi connectivity index (χ2v) is 7.76. The molecule has 0 aliphatic rings. The zero-order valence-corrected chi connectivity index (χ0v) is 15.1. The minimum absolute atomic E-state index is 0.121. The SMILES string of the molecule is C[C@H](Nc1c(C#N)c(=O)n(C)c(=O)n1C)c1ccc(S(C)(=O)=O)cc1. The van der Waals surface area contributed by atoms with Gasteiger partial charge >= 0.3 is 5.69 Å². The van der Waals surface area contributed by atoms with Crippen LogP contribution in [0.5, 0.6) is 0 Å². The number of hydrogen-bond acceptors (Lipinski definition) is 6. The van der Waals surface area contributed by atoms with E-state index in [0.29, 0.717) is 0 Å². The van der Waals surface area contributed by atoms with Gasteiger partial charge in [-0.15, -0.1) is 0 Å². The first-order valence-corrected chi connectivity index (χ1v) is 9.23. The van der Waals surface area contributed by atoms with Crippen molar-refractivity contribution in [3.05, 3.63) is 56.2 Å². The molecule has 1 aromatic carbocycles. The summed E-state index contributed by atoms with van der Waals surface area (Å²) in [5, 5.41) is 12.3. The molecule has 132 valence electrons. The number of anilines is 1. The summed E-state index contributed by atoms with van der Waals surface area (Å²) in [4.78, 5) is 24.3. The summed E-state index contributed by atoms with van der Waals surface area (Å²) in [6.07, 6.45) is 1.12. The Labute approximate surface area is 144 Å². The molecule has 2 aromatic rings. The predicted molar refractivity (Wildman–Crippen MR) is 93.2 cm³/mol. The van der Waals surface area contributed by atoms with Crippen LogP contribution in [0.2, 0.25) is 0 Å². The first-order valence-electron chi connectivity index (χ1n) is 7.34. The van der Waals surface area contributed by atoms with E-state index in [1.54, 1.807) is 19.1 Å². The Morgan fingerprint density at radius 2 is 1.68 bits per heavy atom. The quantitative estimate of drug-likeness (QED) is 0.849. The number of sulfone groups is 1. The van der Waals surface area contributed by atoms with Crippen LogP contribution in [-0.2, 0) is 23.9 Å². The van der Waals surface area contributed by atoms with Gasteiger partial charge in [0.15, 0.2) is 15.4 Å². The van der Waals surface area contributed by atoms with Crippen LogP contribution in [0.1, 0.15) is 24.1 Å². The predicted octanol–water partition coefficient (Wildman–Crippen LogP) is 0.532. The Morgan fingerprint density at radius 1 is 1.12 bits per heavy atom. The molecule has 0 bridgehead atoms. The lowest BCUT2D eigenvalue weighted by molar-refractivity contribution is 0.602. The van der Waals surface area contributed by atoms with E-state index in [9.17, 15) is 23.3 Å². The third kappa shape index (κ3) is 3.49. The summed E-state index contributed by atoms with van der Waals surface area (Å²) in [7, 11) is -0.520. The number of aromatic nitrogens is 2. The molecular weight excluding hydrogens is 344 g/mol. The molecule has 2 rings (SSSR count). The molecule has 0 unspecified atom stereocenters. The Bertz CT molecular complexity index is 1070. The highest BCUT2D eigenvalue weighted by Gasteiger charge is 2.18. The van der Waals surface area contributed by atoms with Crippen LogP contribution in [0, 0.1) is 11.3 Å². The molecule has 1 heterocycles. The lowest BCUT2D eigenvalue weighted by atomic mass is 10.1. The standard InChI is InChI=1S/C16H18N4O4S/c1-10(11-5-7-12(8-6-11)25(4,23)24)18-14-13(9-17)15(21)20(3)16(22)19(14)2/h5-8,10,18H,1-4H3/t10-/m0/s1. The van der Waals surface area contributed by atoms with E-state index < -0.39 is 21.1 Å². The van der Waals surface area contributed by atoms with Gasteiger partial charge in [0.05, 0.1) is 4.90 Å². The van der Waals surface area contributed by atoms with E-state index in [1.807, 2.05) is 6.07 Å². The Kier molecular flexibility index (Phi) is 4.85. The van der Waals surface area contributed by atoms with Gasteiger partial charge in [0.1, 0.15) is 11.9 Å². The van der Waals surface area contributed by atoms with Crippen molar-refractivity contribution in [1.82, 2.24) is 9.13 Å². The van der Waals surface area contributed by atoms with Crippen molar-refractivity contribution >= 4 is 15.7 Å². The minimum atomic E-state index is -3.29. The maximum Gasteiger partial charge on any atom is 0.332 e. The van der Waals surface area contributed by atoms with Crippen molar-refractivity contribution in [2.24, 2.45) is 14.1 Å². The summed E-state index contributed by atoms with van der Waals surface area (Å²) >= 11 is 0. The summed E-state index contributed by atoms with van der Waals surface area (Å²) in [5.74, 6) is 0.121. The molecule has 0 spiro atoms. The van der Waals surface area contributed by atoms with Gasteiger partial charge in [0.2, 0.25) is 0 Å². The van der Waals surface area contributed by atoms with E-state index in [2.05, 4.69) is 5.32 Å². The van der Waals surface area contributed by atoms with Crippen LogP contribution >= 0.6 is 0 Å². The second kappa shape index (κ2) is 6.57. The lowest BCUT2D eigenvalue weighted by Gasteiger charge is -2.19. The molecule has 0 radical (unpaired) electrons. The lowest BCUT2D eigenvalue weighted by Crippen LogP contribution is -2.40. The van der Waals surface area contributed by atoms with Gasteiger partial charge in [-0.2, -0.15) is 5.26 Å². The topological polar surface area (TPSA) is 114 Å². The molecule has 1 atom stereocenters. The van der Waals surface area contributed by atoms with E-state index in [4.69, 9.17) is 0 Å². The van der Waals surface area contributed by atoms with E-state index in [-0.39, 0.29) is 22.3 Å². The molecule has 0 saturated carbocycles. The largest absolute Gasteiger partial charge is 0.364 e. The van der Waals surface area contributed by atoms with E-state index in [1.165, 1.54) is 30.8 Å². The molecule has 0 aliphatic carbocycles. The zero-order valence-electron chi connectivity index (χ0n) is 14.3. The highest BCUT2D eigenvalue weighted by molar-refractivity contribution is 7.90. The van der Waals surface area contributed by atoms with Gasteiger partial charge in [-0.1, -0.05) is 12.1 Å². The van der Waals surface area contributed by atoms with Crippen LogP contribution < -0.4 is 16.6 Å². The van der Waals surface area contributed by atoms with Crippen LogP contribution in [0.15, 0.2) is 38.8 Å². The average molecular weight is 362 g/mol. The third-order valence-electron chi connectivity index (χ3n) is 3.94. The number of rotatable bonds is 4. The molecule has 9 heteroatoms. The third-order valence-corrected chi connectivity index (χ3v) is 5.07. The van der Waals surface area contributed by atoms with Crippen molar-refractivity contribution in [2.75, 3.05) is 11.6 Å². The van der Waals surface area contributed by atoms with Gasteiger partial charge in [-0.3, -0.25) is 13.9 Å². The highest BCUT2D eigenvalue weighted by Crippen LogP contribution is 2.21. The number of benzene rings is 1. The summed E-state index contributed by atoms with van der Waals surface area (Å²) < 4.78 is 25.1. The Morgan fingerprint density at radius 3 is 2.16 bits per heavy atom.